The van der Waals surface area contributed by atoms with Gasteiger partial charge in [-0.25, -0.2) is 33.1 Å². The molecule has 0 radical (unpaired) electrons. The van der Waals surface area contributed by atoms with Crippen LogP contribution in [0.4, 0.5) is 24.8 Å². The molecule has 10 heteroatoms. The molecule has 1 aliphatic heterocycles. The summed E-state index contributed by atoms with van der Waals surface area (Å²) in [4.78, 5) is 25.0. The topological polar surface area (TPSA) is 79.2 Å². The molecule has 1 unspecified atom stereocenters. The summed E-state index contributed by atoms with van der Waals surface area (Å²) in [6.07, 6.45) is 7.80. The number of allylic oxidation sites excluding steroid dienone is 3. The normalized spacial score (nSPS) is 18.0. The van der Waals surface area contributed by atoms with Crippen LogP contribution in [0.15, 0.2) is 60.0 Å². The zero-order valence-electron chi connectivity index (χ0n) is 21.5. The zero-order chi connectivity index (χ0) is 26.8. The van der Waals surface area contributed by atoms with Gasteiger partial charge in [-0.3, -0.25) is 4.98 Å². The first-order valence-corrected chi connectivity index (χ1v) is 12.8. The molecule has 5 rings (SSSR count). The highest BCUT2D eigenvalue weighted by molar-refractivity contribution is 5.98. The van der Waals surface area contributed by atoms with Crippen molar-refractivity contribution in [1.82, 2.24) is 25.3 Å². The van der Waals surface area contributed by atoms with Crippen LogP contribution in [0.5, 0.6) is 0 Å². The van der Waals surface area contributed by atoms with Crippen LogP contribution in [0.3, 0.4) is 0 Å². The molecule has 1 aliphatic carbocycles. The van der Waals surface area contributed by atoms with Crippen molar-refractivity contribution in [2.45, 2.75) is 50.7 Å². The Kier molecular flexibility index (Phi) is 7.51. The summed E-state index contributed by atoms with van der Waals surface area (Å²) in [5.41, 5.74) is 2.46. The summed E-state index contributed by atoms with van der Waals surface area (Å²) < 4.78 is 40.8. The van der Waals surface area contributed by atoms with E-state index in [4.69, 9.17) is 9.97 Å². The quantitative estimate of drug-likeness (QED) is 0.371. The van der Waals surface area contributed by atoms with Gasteiger partial charge in [0.05, 0.1) is 17.4 Å². The van der Waals surface area contributed by atoms with E-state index in [1.54, 1.807) is 18.3 Å². The van der Waals surface area contributed by atoms with Gasteiger partial charge in [-0.2, -0.15) is 0 Å². The number of hydrogen-bond donors (Lipinski definition) is 1. The summed E-state index contributed by atoms with van der Waals surface area (Å²) in [5, 5.41) is 4.46. The Hall–Kier alpha value is -3.66. The average Bonchev–Trinajstić information content (AvgIpc) is 3.78. The third-order valence-electron chi connectivity index (χ3n) is 7.05. The lowest BCUT2D eigenvalue weighted by atomic mass is 10.0. The number of nitrogens with one attached hydrogen (secondary N) is 1. The molecule has 7 nitrogen and oxygen atoms in total. The first-order chi connectivity index (χ1) is 18.3. The van der Waals surface area contributed by atoms with Crippen molar-refractivity contribution < 1.29 is 13.2 Å². The van der Waals surface area contributed by atoms with Crippen molar-refractivity contribution in [1.29, 1.82) is 0 Å². The number of hydrogen-bond acceptors (Lipinski definition) is 7. The number of aliphatic imine (C=N–C) groups is 1. The number of nitrogens with zero attached hydrogens (tertiary/aromatic N) is 6. The lowest BCUT2D eigenvalue weighted by molar-refractivity contribution is 0.379. The number of pyridine rings is 2. The Morgan fingerprint density at radius 1 is 1.18 bits per heavy atom. The molecule has 0 amide bonds. The second-order valence-corrected chi connectivity index (χ2v) is 9.82. The summed E-state index contributed by atoms with van der Waals surface area (Å²) in [6, 6.07) is 3.75. The lowest BCUT2D eigenvalue weighted by Crippen LogP contribution is -2.41. The molecule has 1 N–H and O–H groups in total. The predicted octanol–water partition coefficient (Wildman–Crippen LogP) is 5.92. The molecule has 3 aromatic rings. The summed E-state index contributed by atoms with van der Waals surface area (Å²) in [5.74, 6) is -0.241. The van der Waals surface area contributed by atoms with Crippen molar-refractivity contribution in [3.63, 3.8) is 0 Å². The first-order valence-electron chi connectivity index (χ1n) is 12.8. The fourth-order valence-corrected chi connectivity index (χ4v) is 4.73. The van der Waals surface area contributed by atoms with Gasteiger partial charge in [-0.1, -0.05) is 6.58 Å². The minimum Gasteiger partial charge on any atom is -0.356 e. The first kappa shape index (κ1) is 26.0. The molecule has 0 aromatic carbocycles. The summed E-state index contributed by atoms with van der Waals surface area (Å²) in [7, 11) is 2.09. The third-order valence-corrected chi connectivity index (χ3v) is 7.05. The molecular formula is C28H30F3N7. The van der Waals surface area contributed by atoms with Crippen LogP contribution in [0.25, 0.3) is 22.3 Å². The Morgan fingerprint density at radius 3 is 2.66 bits per heavy atom. The van der Waals surface area contributed by atoms with E-state index in [1.807, 2.05) is 6.20 Å². The van der Waals surface area contributed by atoms with Crippen molar-refractivity contribution in [2.75, 3.05) is 25.0 Å². The van der Waals surface area contributed by atoms with Crippen LogP contribution in [0, 0.1) is 0 Å². The van der Waals surface area contributed by atoms with Gasteiger partial charge in [0.25, 0.3) is 0 Å². The Morgan fingerprint density at radius 2 is 1.95 bits per heavy atom. The van der Waals surface area contributed by atoms with Gasteiger partial charge in [0.15, 0.2) is 17.8 Å². The molecule has 1 saturated carbocycles. The average molecular weight is 522 g/mol. The van der Waals surface area contributed by atoms with Crippen LogP contribution < -0.4 is 10.2 Å². The van der Waals surface area contributed by atoms with Crippen LogP contribution in [0.2, 0.25) is 0 Å². The molecule has 2 fully saturated rings. The Balaban J connectivity index is 1.55. The molecule has 0 spiro atoms. The SMILES string of the molecule is C=C(F)C(F)C=C(F)C(C)=Nc1cc(-c2nc(N(C)C3CCNCC3)c3c(C4CC4)cncc3n2)ccn1. The number of piperidine rings is 1. The van der Waals surface area contributed by atoms with E-state index in [-0.39, 0.29) is 11.5 Å². The number of anilines is 1. The Labute approximate surface area is 219 Å². The van der Waals surface area contributed by atoms with Gasteiger partial charge in [-0.05, 0) is 75.4 Å². The largest absolute Gasteiger partial charge is 0.356 e. The number of aromatic nitrogens is 4. The van der Waals surface area contributed by atoms with Gasteiger partial charge in [0.2, 0.25) is 0 Å². The van der Waals surface area contributed by atoms with E-state index in [9.17, 15) is 13.2 Å². The highest BCUT2D eigenvalue weighted by Crippen LogP contribution is 2.45. The molecule has 4 heterocycles. The lowest BCUT2D eigenvalue weighted by Gasteiger charge is -2.33. The molecule has 2 aliphatic rings. The standard InChI is InChI=1S/C28H30F3N7/c1-16(29)22(30)13-23(31)17(2)35-25-12-19(6-11-34-25)27-36-24-15-33-14-21(18-4-5-18)26(24)28(37-27)38(3)20-7-9-32-10-8-20/h6,11-15,18,20,22,32H,1,4-5,7-10H2,2-3H3. The maximum Gasteiger partial charge on any atom is 0.172 e. The Bertz CT molecular complexity index is 1410. The second kappa shape index (κ2) is 11.0. The van der Waals surface area contributed by atoms with Gasteiger partial charge in [0, 0.05) is 36.4 Å². The van der Waals surface area contributed by atoms with Crippen molar-refractivity contribution in [3.05, 3.63) is 60.6 Å². The highest BCUT2D eigenvalue weighted by Gasteiger charge is 2.30. The van der Waals surface area contributed by atoms with Gasteiger partial charge in [0.1, 0.15) is 17.5 Å². The van der Waals surface area contributed by atoms with E-state index in [0.717, 1.165) is 55.5 Å². The minimum absolute atomic E-state index is 0.136. The van der Waals surface area contributed by atoms with E-state index in [0.29, 0.717) is 29.4 Å². The minimum atomic E-state index is -2.24. The number of halogens is 3. The second-order valence-electron chi connectivity index (χ2n) is 9.82. The van der Waals surface area contributed by atoms with Crippen LogP contribution in [0.1, 0.15) is 44.1 Å². The van der Waals surface area contributed by atoms with E-state index in [1.165, 1.54) is 18.7 Å². The number of rotatable bonds is 8. The molecule has 1 saturated heterocycles. The third kappa shape index (κ3) is 5.60. The summed E-state index contributed by atoms with van der Waals surface area (Å²) >= 11 is 0. The van der Waals surface area contributed by atoms with Crippen molar-refractivity contribution >= 4 is 28.3 Å². The van der Waals surface area contributed by atoms with Gasteiger partial charge >= 0.3 is 0 Å². The fraction of sp³-hybridized carbons (Fsp3) is 0.393. The highest BCUT2D eigenvalue weighted by atomic mass is 19.2. The summed E-state index contributed by atoms with van der Waals surface area (Å²) in [6.45, 7) is 6.13. The van der Waals surface area contributed by atoms with Crippen LogP contribution in [-0.2, 0) is 0 Å². The van der Waals surface area contributed by atoms with E-state index < -0.39 is 17.8 Å². The zero-order valence-corrected chi connectivity index (χ0v) is 21.5. The van der Waals surface area contributed by atoms with Crippen LogP contribution >= 0.6 is 0 Å². The predicted molar refractivity (Wildman–Crippen MR) is 144 cm³/mol. The van der Waals surface area contributed by atoms with Crippen molar-refractivity contribution in [2.24, 2.45) is 4.99 Å². The van der Waals surface area contributed by atoms with Crippen molar-refractivity contribution in [3.8, 4) is 11.4 Å². The van der Waals surface area contributed by atoms with Crippen LogP contribution in [-0.4, -0.2) is 58.0 Å². The smallest absolute Gasteiger partial charge is 0.172 e. The van der Waals surface area contributed by atoms with Gasteiger partial charge < -0.3 is 10.2 Å². The monoisotopic (exact) mass is 521 g/mol. The molecule has 3 aromatic heterocycles. The maximum atomic E-state index is 14.3. The maximum absolute atomic E-state index is 14.3. The molecule has 198 valence electrons. The fourth-order valence-electron chi connectivity index (χ4n) is 4.73. The van der Waals surface area contributed by atoms with E-state index >= 15 is 0 Å². The van der Waals surface area contributed by atoms with Gasteiger partial charge in [-0.15, -0.1) is 0 Å². The molecule has 1 atom stereocenters. The number of alkyl halides is 1. The molecular weight excluding hydrogens is 491 g/mol. The number of fused-ring (bicyclic) bond motifs is 1. The molecule has 38 heavy (non-hydrogen) atoms. The molecule has 0 bridgehead atoms. The van der Waals surface area contributed by atoms with E-state index in [2.05, 4.69) is 38.8 Å².